The van der Waals surface area contributed by atoms with E-state index >= 15 is 0 Å². The lowest BCUT2D eigenvalue weighted by Gasteiger charge is -2.39. The number of rotatable bonds is 5. The molecule has 0 unspecified atom stereocenters. The van der Waals surface area contributed by atoms with Crippen LogP contribution in [0, 0.1) is 0 Å². The normalized spacial score (nSPS) is 16.6. The molecule has 0 radical (unpaired) electrons. The van der Waals surface area contributed by atoms with Crippen LogP contribution in [0.15, 0.2) is 18.2 Å². The van der Waals surface area contributed by atoms with E-state index < -0.39 is 5.54 Å². The van der Waals surface area contributed by atoms with Crippen molar-refractivity contribution in [1.29, 1.82) is 0 Å². The lowest BCUT2D eigenvalue weighted by atomic mass is 9.90. The summed E-state index contributed by atoms with van der Waals surface area (Å²) in [6, 6.07) is 5.28. The Balaban J connectivity index is 2.29. The van der Waals surface area contributed by atoms with Crippen LogP contribution in [0.4, 0.5) is 0 Å². The van der Waals surface area contributed by atoms with E-state index in [-0.39, 0.29) is 5.78 Å². The van der Waals surface area contributed by atoms with Crippen LogP contribution in [-0.4, -0.2) is 56.7 Å². The first-order valence-electron chi connectivity index (χ1n) is 7.09. The Hall–Kier alpha value is -1.59. The fourth-order valence-corrected chi connectivity index (χ4v) is 2.56. The Morgan fingerprint density at radius 1 is 1.10 bits per heavy atom. The van der Waals surface area contributed by atoms with Crippen molar-refractivity contribution >= 4 is 5.78 Å². The van der Waals surface area contributed by atoms with Crippen LogP contribution in [-0.2, 0) is 4.74 Å². The molecule has 2 rings (SSSR count). The van der Waals surface area contributed by atoms with E-state index in [0.717, 1.165) is 13.1 Å². The van der Waals surface area contributed by atoms with Gasteiger partial charge in [-0.1, -0.05) is 0 Å². The minimum absolute atomic E-state index is 0.0570. The van der Waals surface area contributed by atoms with Gasteiger partial charge in [0.1, 0.15) is 11.5 Å². The Morgan fingerprint density at radius 2 is 1.62 bits per heavy atom. The molecule has 1 aromatic rings. The predicted octanol–water partition coefficient (Wildman–Crippen LogP) is 2.00. The monoisotopic (exact) mass is 293 g/mol. The Kier molecular flexibility index (Phi) is 4.85. The summed E-state index contributed by atoms with van der Waals surface area (Å²) < 4.78 is 15.8. The SMILES string of the molecule is COc1cc(OC)cc(C(=O)C(C)(C)N2CCOCC2)c1. The average molecular weight is 293 g/mol. The molecule has 0 aliphatic carbocycles. The molecule has 5 heteroatoms. The van der Waals surface area contributed by atoms with Gasteiger partial charge in [-0.15, -0.1) is 0 Å². The molecule has 0 bridgehead atoms. The number of carbonyl (C=O) groups is 1. The second-order valence-electron chi connectivity index (χ2n) is 5.59. The van der Waals surface area contributed by atoms with E-state index in [1.54, 1.807) is 32.4 Å². The number of nitrogens with zero attached hydrogens (tertiary/aromatic N) is 1. The maximum atomic E-state index is 12.9. The van der Waals surface area contributed by atoms with Crippen LogP contribution >= 0.6 is 0 Å². The molecule has 5 nitrogen and oxygen atoms in total. The van der Waals surface area contributed by atoms with Gasteiger partial charge in [0.25, 0.3) is 0 Å². The topological polar surface area (TPSA) is 48.0 Å². The van der Waals surface area contributed by atoms with E-state index in [4.69, 9.17) is 14.2 Å². The Morgan fingerprint density at radius 3 is 2.10 bits per heavy atom. The summed E-state index contributed by atoms with van der Waals surface area (Å²) in [6.45, 7) is 6.76. The first-order valence-corrected chi connectivity index (χ1v) is 7.09. The molecule has 0 aromatic heterocycles. The largest absolute Gasteiger partial charge is 0.497 e. The van der Waals surface area contributed by atoms with Crippen molar-refractivity contribution < 1.29 is 19.0 Å². The number of morpholine rings is 1. The number of hydrogen-bond donors (Lipinski definition) is 0. The summed E-state index contributed by atoms with van der Waals surface area (Å²) in [5.41, 5.74) is 0.0175. The van der Waals surface area contributed by atoms with Crippen molar-refractivity contribution in [2.75, 3.05) is 40.5 Å². The highest BCUT2D eigenvalue weighted by Crippen LogP contribution is 2.27. The summed E-state index contributed by atoms with van der Waals surface area (Å²) in [6.07, 6.45) is 0. The molecule has 0 spiro atoms. The number of ketones is 1. The zero-order valence-electron chi connectivity index (χ0n) is 13.1. The molecule has 0 atom stereocenters. The van der Waals surface area contributed by atoms with Gasteiger partial charge < -0.3 is 14.2 Å². The van der Waals surface area contributed by atoms with Crippen molar-refractivity contribution in [3.8, 4) is 11.5 Å². The molecule has 1 heterocycles. The van der Waals surface area contributed by atoms with Gasteiger partial charge in [0.2, 0.25) is 0 Å². The van der Waals surface area contributed by atoms with E-state index in [9.17, 15) is 4.79 Å². The minimum Gasteiger partial charge on any atom is -0.497 e. The van der Waals surface area contributed by atoms with Gasteiger partial charge in [-0.05, 0) is 26.0 Å². The Labute approximate surface area is 125 Å². The van der Waals surface area contributed by atoms with Gasteiger partial charge >= 0.3 is 0 Å². The summed E-state index contributed by atoms with van der Waals surface area (Å²) >= 11 is 0. The van der Waals surface area contributed by atoms with Crippen molar-refractivity contribution in [2.24, 2.45) is 0 Å². The molecule has 0 N–H and O–H groups in total. The molecule has 0 saturated carbocycles. The lowest BCUT2D eigenvalue weighted by Crippen LogP contribution is -2.54. The average Bonchev–Trinajstić information content (AvgIpc) is 2.54. The zero-order valence-corrected chi connectivity index (χ0v) is 13.1. The van der Waals surface area contributed by atoms with E-state index in [1.165, 1.54) is 0 Å². The second-order valence-corrected chi connectivity index (χ2v) is 5.59. The fourth-order valence-electron chi connectivity index (χ4n) is 2.56. The maximum Gasteiger partial charge on any atom is 0.182 e. The molecule has 0 amide bonds. The molecule has 1 aliphatic rings. The summed E-state index contributed by atoms with van der Waals surface area (Å²) in [5.74, 6) is 1.30. The van der Waals surface area contributed by atoms with Crippen LogP contribution in [0.1, 0.15) is 24.2 Å². The minimum atomic E-state index is -0.582. The van der Waals surface area contributed by atoms with E-state index in [0.29, 0.717) is 30.3 Å². The third-order valence-electron chi connectivity index (χ3n) is 3.97. The van der Waals surface area contributed by atoms with Gasteiger partial charge in [0.05, 0.1) is 33.0 Å². The van der Waals surface area contributed by atoms with Crippen molar-refractivity contribution in [2.45, 2.75) is 19.4 Å². The van der Waals surface area contributed by atoms with Crippen molar-refractivity contribution in [1.82, 2.24) is 4.90 Å². The number of carbonyl (C=O) groups excluding carboxylic acids is 1. The number of benzene rings is 1. The van der Waals surface area contributed by atoms with Crippen LogP contribution in [0.5, 0.6) is 11.5 Å². The number of ether oxygens (including phenoxy) is 3. The smallest absolute Gasteiger partial charge is 0.182 e. The molecule has 1 aliphatic heterocycles. The summed E-state index contributed by atoms with van der Waals surface area (Å²) in [7, 11) is 3.16. The first-order chi connectivity index (χ1) is 9.98. The van der Waals surface area contributed by atoms with Crippen LogP contribution in [0.2, 0.25) is 0 Å². The van der Waals surface area contributed by atoms with Crippen LogP contribution in [0.3, 0.4) is 0 Å². The molecule has 1 fully saturated rings. The quantitative estimate of drug-likeness (QED) is 0.777. The highest BCUT2D eigenvalue weighted by Gasteiger charge is 2.36. The lowest BCUT2D eigenvalue weighted by molar-refractivity contribution is -0.00431. The summed E-state index contributed by atoms with van der Waals surface area (Å²) in [4.78, 5) is 15.1. The molecule has 116 valence electrons. The maximum absolute atomic E-state index is 12.9. The molecule has 1 aromatic carbocycles. The van der Waals surface area contributed by atoms with Gasteiger partial charge in [0, 0.05) is 24.7 Å². The second kappa shape index (κ2) is 6.45. The molecular formula is C16H23NO4. The Bertz CT molecular complexity index is 485. The van der Waals surface area contributed by atoms with Crippen molar-refractivity contribution in [3.63, 3.8) is 0 Å². The third kappa shape index (κ3) is 3.36. The van der Waals surface area contributed by atoms with Gasteiger partial charge in [-0.2, -0.15) is 0 Å². The highest BCUT2D eigenvalue weighted by atomic mass is 16.5. The number of Topliss-reactive ketones (excluding diaryl/α,β-unsaturated/α-hetero) is 1. The first kappa shape index (κ1) is 15.8. The number of methoxy groups -OCH3 is 2. The highest BCUT2D eigenvalue weighted by molar-refractivity contribution is 6.03. The molecule has 21 heavy (non-hydrogen) atoms. The van der Waals surface area contributed by atoms with Crippen molar-refractivity contribution in [3.05, 3.63) is 23.8 Å². The van der Waals surface area contributed by atoms with Gasteiger partial charge in [0.15, 0.2) is 5.78 Å². The zero-order chi connectivity index (χ0) is 15.5. The predicted molar refractivity (Wildman–Crippen MR) is 80.3 cm³/mol. The molecule has 1 saturated heterocycles. The number of hydrogen-bond acceptors (Lipinski definition) is 5. The van der Waals surface area contributed by atoms with Crippen LogP contribution < -0.4 is 9.47 Å². The van der Waals surface area contributed by atoms with E-state index in [2.05, 4.69) is 4.90 Å². The molecular weight excluding hydrogens is 270 g/mol. The summed E-state index contributed by atoms with van der Waals surface area (Å²) in [5, 5.41) is 0. The van der Waals surface area contributed by atoms with Gasteiger partial charge in [-0.3, -0.25) is 9.69 Å². The van der Waals surface area contributed by atoms with Crippen LogP contribution in [0.25, 0.3) is 0 Å². The fraction of sp³-hybridized carbons (Fsp3) is 0.562. The van der Waals surface area contributed by atoms with E-state index in [1.807, 2.05) is 13.8 Å². The standard InChI is InChI=1S/C16H23NO4/c1-16(2,17-5-7-21-8-6-17)15(18)12-9-13(19-3)11-14(10-12)20-4/h9-11H,5-8H2,1-4H3. The third-order valence-corrected chi connectivity index (χ3v) is 3.97. The van der Waals surface area contributed by atoms with Gasteiger partial charge in [-0.25, -0.2) is 0 Å².